The Morgan fingerprint density at radius 1 is 1.09 bits per heavy atom. The molecular weight excluding hydrogens is 462 g/mol. The van der Waals surface area contributed by atoms with Gasteiger partial charge in [-0.15, -0.1) is 11.3 Å². The highest BCUT2D eigenvalue weighted by molar-refractivity contribution is 8.00. The first-order chi connectivity index (χ1) is 16.0. The van der Waals surface area contributed by atoms with Gasteiger partial charge in [0.25, 0.3) is 11.6 Å². The third-order valence-electron chi connectivity index (χ3n) is 4.80. The quantitative estimate of drug-likeness (QED) is 0.194. The number of nitro benzene ring substituents is 1. The molecule has 33 heavy (non-hydrogen) atoms. The number of aromatic nitrogens is 1. The standard InChI is InChI=1S/C23H19N3O5S2/c1-30-19-10-8-16(26(28)29)11-14(19)13-32-23-25-18-9-7-15(12-21(18)33-23)24-22(27)17-5-3-4-6-20(17)31-2/h3-12H,13H2,1-2H3,(H,24,27). The Bertz CT molecular complexity index is 1340. The second-order valence-corrected chi connectivity index (χ2v) is 9.11. The lowest BCUT2D eigenvalue weighted by molar-refractivity contribution is -0.384. The number of non-ortho nitro benzene ring substituents is 1. The zero-order valence-corrected chi connectivity index (χ0v) is 19.4. The topological polar surface area (TPSA) is 104 Å². The minimum atomic E-state index is -0.424. The average molecular weight is 482 g/mol. The van der Waals surface area contributed by atoms with Gasteiger partial charge in [0.2, 0.25) is 0 Å². The summed E-state index contributed by atoms with van der Waals surface area (Å²) in [6, 6.07) is 17.1. The second kappa shape index (κ2) is 9.88. The molecule has 8 nitrogen and oxygen atoms in total. The smallest absolute Gasteiger partial charge is 0.270 e. The van der Waals surface area contributed by atoms with Crippen molar-refractivity contribution in [2.75, 3.05) is 19.5 Å². The molecule has 168 valence electrons. The van der Waals surface area contributed by atoms with Crippen LogP contribution in [0.25, 0.3) is 10.2 Å². The molecule has 0 saturated heterocycles. The zero-order valence-electron chi connectivity index (χ0n) is 17.7. The third kappa shape index (κ3) is 5.07. The van der Waals surface area contributed by atoms with E-state index in [0.29, 0.717) is 28.5 Å². The molecule has 1 amide bonds. The van der Waals surface area contributed by atoms with Crippen LogP contribution in [0.4, 0.5) is 11.4 Å². The van der Waals surface area contributed by atoms with Crippen LogP contribution >= 0.6 is 23.1 Å². The van der Waals surface area contributed by atoms with Crippen molar-refractivity contribution in [1.29, 1.82) is 0 Å². The Hall–Kier alpha value is -3.63. The molecule has 1 heterocycles. The van der Waals surface area contributed by atoms with Crippen LogP contribution < -0.4 is 14.8 Å². The van der Waals surface area contributed by atoms with Crippen molar-refractivity contribution in [1.82, 2.24) is 4.98 Å². The second-order valence-electron chi connectivity index (χ2n) is 6.86. The van der Waals surface area contributed by atoms with E-state index in [0.717, 1.165) is 20.1 Å². The van der Waals surface area contributed by atoms with Gasteiger partial charge in [-0.2, -0.15) is 0 Å². The highest BCUT2D eigenvalue weighted by atomic mass is 32.2. The molecule has 0 bridgehead atoms. The number of carbonyl (C=O) groups is 1. The molecule has 1 aromatic heterocycles. The minimum Gasteiger partial charge on any atom is -0.496 e. The highest BCUT2D eigenvalue weighted by Gasteiger charge is 2.15. The van der Waals surface area contributed by atoms with Crippen LogP contribution in [0.3, 0.4) is 0 Å². The summed E-state index contributed by atoms with van der Waals surface area (Å²) < 4.78 is 12.3. The van der Waals surface area contributed by atoms with Crippen molar-refractivity contribution in [2.45, 2.75) is 10.1 Å². The number of anilines is 1. The number of ether oxygens (including phenoxy) is 2. The molecule has 4 aromatic rings. The fraction of sp³-hybridized carbons (Fsp3) is 0.130. The number of nitrogens with one attached hydrogen (secondary N) is 1. The van der Waals surface area contributed by atoms with E-state index in [1.807, 2.05) is 12.1 Å². The molecule has 0 aliphatic rings. The van der Waals surface area contributed by atoms with Gasteiger partial charge in [-0.1, -0.05) is 23.9 Å². The number of benzene rings is 3. The van der Waals surface area contributed by atoms with Gasteiger partial charge in [0.05, 0.1) is 34.9 Å². The molecule has 4 rings (SSSR count). The van der Waals surface area contributed by atoms with Crippen LogP contribution in [0.15, 0.2) is 65.0 Å². The SMILES string of the molecule is COc1ccc([N+](=O)[O-])cc1CSc1nc2ccc(NC(=O)c3ccccc3OC)cc2s1. The third-order valence-corrected chi connectivity index (χ3v) is 7.01. The maximum absolute atomic E-state index is 12.7. The summed E-state index contributed by atoms with van der Waals surface area (Å²) in [7, 11) is 3.06. The first kappa shape index (κ1) is 22.6. The fourth-order valence-corrected chi connectivity index (χ4v) is 5.29. The van der Waals surface area contributed by atoms with Crippen LogP contribution in [0.5, 0.6) is 11.5 Å². The Kier molecular flexibility index (Phi) is 6.76. The number of amides is 1. The molecule has 10 heteroatoms. The Labute approximate surface area is 197 Å². The number of para-hydroxylation sites is 1. The first-order valence-corrected chi connectivity index (χ1v) is 11.6. The van der Waals surface area contributed by atoms with E-state index in [2.05, 4.69) is 10.3 Å². The number of nitro groups is 1. The molecule has 3 aromatic carbocycles. The number of carbonyl (C=O) groups excluding carboxylic acids is 1. The van der Waals surface area contributed by atoms with Gasteiger partial charge < -0.3 is 14.8 Å². The van der Waals surface area contributed by atoms with Crippen LogP contribution in [-0.2, 0) is 5.75 Å². The summed E-state index contributed by atoms with van der Waals surface area (Å²) in [5, 5.41) is 14.0. The van der Waals surface area contributed by atoms with Crippen LogP contribution in [0, 0.1) is 10.1 Å². The van der Waals surface area contributed by atoms with Crippen molar-refractivity contribution in [2.24, 2.45) is 0 Å². The predicted molar refractivity (Wildman–Crippen MR) is 130 cm³/mol. The number of methoxy groups -OCH3 is 2. The monoisotopic (exact) mass is 481 g/mol. The molecule has 0 atom stereocenters. The van der Waals surface area contributed by atoms with E-state index in [1.165, 1.54) is 49.5 Å². The predicted octanol–water partition coefficient (Wildman–Crippen LogP) is 5.77. The maximum atomic E-state index is 12.7. The lowest BCUT2D eigenvalue weighted by atomic mass is 10.2. The summed E-state index contributed by atoms with van der Waals surface area (Å²) in [5.74, 6) is 1.31. The van der Waals surface area contributed by atoms with Gasteiger partial charge >= 0.3 is 0 Å². The fourth-order valence-electron chi connectivity index (χ4n) is 3.20. The summed E-state index contributed by atoms with van der Waals surface area (Å²) in [5.41, 5.74) is 2.65. The van der Waals surface area contributed by atoms with Crippen molar-refractivity contribution in [3.05, 3.63) is 81.9 Å². The lowest BCUT2D eigenvalue weighted by Crippen LogP contribution is -2.12. The van der Waals surface area contributed by atoms with Crippen molar-refractivity contribution >= 4 is 50.6 Å². The van der Waals surface area contributed by atoms with E-state index in [9.17, 15) is 14.9 Å². The van der Waals surface area contributed by atoms with E-state index < -0.39 is 4.92 Å². The molecule has 0 aliphatic heterocycles. The number of hydrogen-bond acceptors (Lipinski definition) is 8. The summed E-state index contributed by atoms with van der Waals surface area (Å²) in [6.45, 7) is 0. The lowest BCUT2D eigenvalue weighted by Gasteiger charge is -2.09. The number of nitrogens with zero attached hydrogens (tertiary/aromatic N) is 2. The average Bonchev–Trinajstić information content (AvgIpc) is 3.24. The van der Waals surface area contributed by atoms with Gasteiger partial charge in [0, 0.05) is 29.1 Å². The molecule has 0 spiro atoms. The molecular formula is C23H19N3O5S2. The van der Waals surface area contributed by atoms with Crippen LogP contribution in [-0.4, -0.2) is 30.0 Å². The summed E-state index contributed by atoms with van der Waals surface area (Å²) in [6.07, 6.45) is 0. The van der Waals surface area contributed by atoms with E-state index in [-0.39, 0.29) is 11.6 Å². The van der Waals surface area contributed by atoms with Crippen molar-refractivity contribution < 1.29 is 19.2 Å². The van der Waals surface area contributed by atoms with E-state index >= 15 is 0 Å². The summed E-state index contributed by atoms with van der Waals surface area (Å²) in [4.78, 5) is 27.9. The largest absolute Gasteiger partial charge is 0.496 e. The Morgan fingerprint density at radius 2 is 1.88 bits per heavy atom. The van der Waals surface area contributed by atoms with Gasteiger partial charge in [0.15, 0.2) is 4.34 Å². The van der Waals surface area contributed by atoms with Gasteiger partial charge in [-0.3, -0.25) is 14.9 Å². The van der Waals surface area contributed by atoms with Gasteiger partial charge in [-0.05, 0) is 36.4 Å². The minimum absolute atomic E-state index is 0.0196. The van der Waals surface area contributed by atoms with Gasteiger partial charge in [0.1, 0.15) is 11.5 Å². The zero-order chi connectivity index (χ0) is 23.4. The Morgan fingerprint density at radius 3 is 2.64 bits per heavy atom. The maximum Gasteiger partial charge on any atom is 0.270 e. The van der Waals surface area contributed by atoms with Gasteiger partial charge in [-0.25, -0.2) is 4.98 Å². The molecule has 1 N–H and O–H groups in total. The number of thioether (sulfide) groups is 1. The molecule has 0 unspecified atom stereocenters. The Balaban J connectivity index is 1.50. The molecule has 0 aliphatic carbocycles. The van der Waals surface area contributed by atoms with Crippen LogP contribution in [0.2, 0.25) is 0 Å². The summed E-state index contributed by atoms with van der Waals surface area (Å²) >= 11 is 2.96. The molecule has 0 radical (unpaired) electrons. The first-order valence-electron chi connectivity index (χ1n) is 9.77. The normalized spacial score (nSPS) is 10.7. The molecule has 0 fully saturated rings. The van der Waals surface area contributed by atoms with E-state index in [4.69, 9.17) is 9.47 Å². The molecule has 0 saturated carbocycles. The van der Waals surface area contributed by atoms with Crippen molar-refractivity contribution in [3.63, 3.8) is 0 Å². The highest BCUT2D eigenvalue weighted by Crippen LogP contribution is 2.35. The number of thiazole rings is 1. The number of hydrogen-bond donors (Lipinski definition) is 1. The number of rotatable bonds is 8. The van der Waals surface area contributed by atoms with Crippen LogP contribution in [0.1, 0.15) is 15.9 Å². The number of fused-ring (bicyclic) bond motifs is 1. The van der Waals surface area contributed by atoms with Crippen molar-refractivity contribution in [3.8, 4) is 11.5 Å². The van der Waals surface area contributed by atoms with E-state index in [1.54, 1.807) is 36.4 Å².